The Morgan fingerprint density at radius 3 is 3.00 bits per heavy atom. The zero-order valence-electron chi connectivity index (χ0n) is 6.86. The lowest BCUT2D eigenvalue weighted by molar-refractivity contribution is 1.09. The molecule has 0 N–H and O–H groups in total. The van der Waals surface area contributed by atoms with Crippen LogP contribution >= 0.6 is 0 Å². The topological polar surface area (TPSA) is 41.1 Å². The van der Waals surface area contributed by atoms with Crippen LogP contribution in [0.1, 0.15) is 12.5 Å². The molecule has 0 aromatic carbocycles. The van der Waals surface area contributed by atoms with E-state index in [0.717, 1.165) is 5.56 Å². The number of nitrogens with zero attached hydrogens (tertiary/aromatic N) is 3. The molecule has 0 fully saturated rings. The molecule has 3 nitrogen and oxygen atoms in total. The summed E-state index contributed by atoms with van der Waals surface area (Å²) in [7, 11) is 0. The zero-order chi connectivity index (χ0) is 8.97. The third kappa shape index (κ3) is 1.28. The van der Waals surface area contributed by atoms with Crippen molar-refractivity contribution in [1.82, 2.24) is 4.57 Å². The summed E-state index contributed by atoms with van der Waals surface area (Å²) in [5.74, 6) is 0.593. The van der Waals surface area contributed by atoms with Crippen LogP contribution in [0.2, 0.25) is 0 Å². The third-order valence-electron chi connectivity index (χ3n) is 1.49. The molecule has 60 valence electrons. The quantitative estimate of drug-likeness (QED) is 0.610. The Hall–Kier alpha value is -1.82. The normalized spacial score (nSPS) is 10.0. The molecule has 0 aliphatic rings. The van der Waals surface area contributed by atoms with Crippen molar-refractivity contribution in [1.29, 1.82) is 5.26 Å². The number of hydrogen-bond donors (Lipinski definition) is 0. The van der Waals surface area contributed by atoms with Gasteiger partial charge < -0.3 is 0 Å². The summed E-state index contributed by atoms with van der Waals surface area (Å²) in [4.78, 5) is 3.76. The van der Waals surface area contributed by atoms with Gasteiger partial charge in [-0.15, -0.1) is 0 Å². The van der Waals surface area contributed by atoms with E-state index in [2.05, 4.69) is 11.7 Å². The highest BCUT2D eigenvalue weighted by molar-refractivity contribution is 5.64. The summed E-state index contributed by atoms with van der Waals surface area (Å²) in [6.07, 6.45) is 7.42. The molecular weight excluding hydrogens is 150 g/mol. The zero-order valence-corrected chi connectivity index (χ0v) is 6.86. The predicted octanol–water partition coefficient (Wildman–Crippen LogP) is 2.18. The number of allylic oxidation sites excluding steroid dienone is 1. The lowest BCUT2D eigenvalue weighted by Gasteiger charge is -1.92. The number of hydrogen-bond acceptors (Lipinski definition) is 2. The van der Waals surface area contributed by atoms with Gasteiger partial charge in [0.05, 0.1) is 0 Å². The molecule has 0 bridgehead atoms. The molecule has 0 amide bonds. The highest BCUT2D eigenvalue weighted by atomic mass is 15.1. The minimum Gasteiger partial charge on any atom is -0.245 e. The first-order valence-corrected chi connectivity index (χ1v) is 3.54. The fourth-order valence-electron chi connectivity index (χ4n) is 0.997. The van der Waals surface area contributed by atoms with Crippen molar-refractivity contribution in [2.45, 2.75) is 6.92 Å². The second-order valence-corrected chi connectivity index (χ2v) is 2.22. The summed E-state index contributed by atoms with van der Waals surface area (Å²) >= 11 is 0. The number of aliphatic imine (C=N–C) groups is 1. The SMILES string of the molecule is C=Nc1c(/C=C\C)ccn1C#N. The van der Waals surface area contributed by atoms with E-state index < -0.39 is 0 Å². The Morgan fingerprint density at radius 1 is 1.75 bits per heavy atom. The first-order valence-electron chi connectivity index (χ1n) is 3.54. The Bertz CT molecular complexity index is 352. The Balaban J connectivity index is 3.24. The van der Waals surface area contributed by atoms with Gasteiger partial charge in [-0.05, 0) is 19.7 Å². The van der Waals surface area contributed by atoms with Crippen LogP contribution in [0.4, 0.5) is 5.82 Å². The molecule has 1 aromatic heterocycles. The molecule has 3 heteroatoms. The Morgan fingerprint density at radius 2 is 2.50 bits per heavy atom. The molecule has 0 radical (unpaired) electrons. The molecule has 0 spiro atoms. The van der Waals surface area contributed by atoms with Crippen molar-refractivity contribution in [3.05, 3.63) is 23.9 Å². The van der Waals surface area contributed by atoms with Gasteiger partial charge in [0.25, 0.3) is 0 Å². The molecule has 0 saturated heterocycles. The van der Waals surface area contributed by atoms with E-state index in [1.807, 2.05) is 31.3 Å². The summed E-state index contributed by atoms with van der Waals surface area (Å²) in [5.41, 5.74) is 0.911. The van der Waals surface area contributed by atoms with Gasteiger partial charge in [-0.2, -0.15) is 5.26 Å². The van der Waals surface area contributed by atoms with Gasteiger partial charge >= 0.3 is 0 Å². The van der Waals surface area contributed by atoms with Crippen molar-refractivity contribution < 1.29 is 0 Å². The van der Waals surface area contributed by atoms with Gasteiger partial charge in [0.1, 0.15) is 0 Å². The van der Waals surface area contributed by atoms with E-state index in [1.165, 1.54) is 4.57 Å². The maximum atomic E-state index is 8.63. The summed E-state index contributed by atoms with van der Waals surface area (Å²) in [6, 6.07) is 1.83. The summed E-state index contributed by atoms with van der Waals surface area (Å²) in [5, 5.41) is 8.63. The van der Waals surface area contributed by atoms with Crippen LogP contribution < -0.4 is 0 Å². The van der Waals surface area contributed by atoms with Crippen LogP contribution in [-0.2, 0) is 0 Å². The van der Waals surface area contributed by atoms with E-state index in [-0.39, 0.29) is 0 Å². The van der Waals surface area contributed by atoms with Gasteiger partial charge in [0, 0.05) is 11.8 Å². The number of rotatable bonds is 2. The monoisotopic (exact) mass is 159 g/mol. The molecule has 12 heavy (non-hydrogen) atoms. The van der Waals surface area contributed by atoms with Gasteiger partial charge in [0.2, 0.25) is 0 Å². The third-order valence-corrected chi connectivity index (χ3v) is 1.49. The average Bonchev–Trinajstić information content (AvgIpc) is 2.47. The molecule has 1 rings (SSSR count). The second-order valence-electron chi connectivity index (χ2n) is 2.22. The van der Waals surface area contributed by atoms with Gasteiger partial charge in [-0.1, -0.05) is 12.2 Å². The maximum absolute atomic E-state index is 8.63. The fraction of sp³-hybridized carbons (Fsp3) is 0.111. The van der Waals surface area contributed by atoms with Gasteiger partial charge in [-0.3, -0.25) is 0 Å². The molecule has 0 unspecified atom stereocenters. The van der Waals surface area contributed by atoms with Crippen molar-refractivity contribution in [3.63, 3.8) is 0 Å². The lowest BCUT2D eigenvalue weighted by atomic mass is 10.3. The Labute approximate surface area is 71.3 Å². The lowest BCUT2D eigenvalue weighted by Crippen LogP contribution is -1.82. The van der Waals surface area contributed by atoms with E-state index >= 15 is 0 Å². The number of nitriles is 1. The summed E-state index contributed by atoms with van der Waals surface area (Å²) < 4.78 is 1.38. The van der Waals surface area contributed by atoms with E-state index in [0.29, 0.717) is 5.82 Å². The van der Waals surface area contributed by atoms with Crippen molar-refractivity contribution in [3.8, 4) is 6.19 Å². The molecule has 0 atom stereocenters. The molecule has 1 aromatic rings. The van der Waals surface area contributed by atoms with Crippen LogP contribution in [0.25, 0.3) is 6.08 Å². The molecule has 0 aliphatic carbocycles. The van der Waals surface area contributed by atoms with Crippen molar-refractivity contribution in [2.75, 3.05) is 0 Å². The molecule has 1 heterocycles. The molecule has 0 aliphatic heterocycles. The average molecular weight is 159 g/mol. The van der Waals surface area contributed by atoms with Crippen LogP contribution in [-0.4, -0.2) is 11.3 Å². The standard InChI is InChI=1S/C9H9N3/c1-3-4-8-5-6-12(7-10)9(8)11-2/h3-6H,2H2,1H3/b4-3-. The van der Waals surface area contributed by atoms with Crippen LogP contribution in [0.15, 0.2) is 23.3 Å². The highest BCUT2D eigenvalue weighted by Gasteiger charge is 2.02. The Kier molecular flexibility index (Phi) is 2.44. The first-order chi connectivity index (χ1) is 5.83. The summed E-state index contributed by atoms with van der Waals surface area (Å²) in [6.45, 7) is 5.31. The first kappa shape index (κ1) is 8.28. The molecular formula is C9H9N3. The van der Waals surface area contributed by atoms with Gasteiger partial charge in [-0.25, -0.2) is 9.56 Å². The van der Waals surface area contributed by atoms with E-state index in [4.69, 9.17) is 5.26 Å². The van der Waals surface area contributed by atoms with E-state index in [1.54, 1.807) is 6.20 Å². The van der Waals surface area contributed by atoms with Crippen LogP contribution in [0, 0.1) is 11.5 Å². The van der Waals surface area contributed by atoms with Crippen LogP contribution in [0.5, 0.6) is 0 Å². The predicted molar refractivity (Wildman–Crippen MR) is 49.4 cm³/mol. The maximum Gasteiger partial charge on any atom is 0.190 e. The fourth-order valence-corrected chi connectivity index (χ4v) is 0.997. The molecule has 0 saturated carbocycles. The largest absolute Gasteiger partial charge is 0.245 e. The van der Waals surface area contributed by atoms with E-state index in [9.17, 15) is 0 Å². The minimum absolute atomic E-state index is 0.593. The van der Waals surface area contributed by atoms with Gasteiger partial charge in [0.15, 0.2) is 12.0 Å². The minimum atomic E-state index is 0.593. The smallest absolute Gasteiger partial charge is 0.190 e. The second kappa shape index (κ2) is 3.54. The van der Waals surface area contributed by atoms with Crippen LogP contribution in [0.3, 0.4) is 0 Å². The van der Waals surface area contributed by atoms with Crippen molar-refractivity contribution in [2.24, 2.45) is 4.99 Å². The van der Waals surface area contributed by atoms with Crippen molar-refractivity contribution >= 4 is 18.6 Å². The number of aromatic nitrogens is 1. The highest BCUT2D eigenvalue weighted by Crippen LogP contribution is 2.20.